The predicted octanol–water partition coefficient (Wildman–Crippen LogP) is 2.28. The molecule has 0 aliphatic heterocycles. The lowest BCUT2D eigenvalue weighted by atomic mass is 10.1. The largest absolute Gasteiger partial charge is 0.466 e. The van der Waals surface area contributed by atoms with Crippen molar-refractivity contribution in [3.63, 3.8) is 0 Å². The number of ether oxygens (including phenoxy) is 1. The minimum Gasteiger partial charge on any atom is -0.466 e. The van der Waals surface area contributed by atoms with Crippen molar-refractivity contribution in [2.75, 3.05) is 11.9 Å². The Hall–Kier alpha value is -2.35. The van der Waals surface area contributed by atoms with Gasteiger partial charge in [0.25, 0.3) is 0 Å². The van der Waals surface area contributed by atoms with E-state index in [0.717, 1.165) is 11.3 Å². The number of carbonyl (C=O) groups excluding carboxylic acids is 2. The third kappa shape index (κ3) is 7.55. The van der Waals surface area contributed by atoms with E-state index < -0.39 is 0 Å². The molecule has 5 heteroatoms. The van der Waals surface area contributed by atoms with Crippen LogP contribution in [-0.2, 0) is 20.7 Å². The summed E-state index contributed by atoms with van der Waals surface area (Å²) < 4.78 is 4.85. The van der Waals surface area contributed by atoms with Gasteiger partial charge in [-0.25, -0.2) is 5.26 Å². The monoisotopic (exact) mass is 262 g/mol. The van der Waals surface area contributed by atoms with E-state index in [9.17, 15) is 9.59 Å². The molecule has 0 heterocycles. The first-order valence-electron chi connectivity index (χ1n) is 5.89. The second-order valence-corrected chi connectivity index (χ2v) is 3.69. The standard InChI is InChI=1S/C13H17NO3.CHN/c1-3-17-13(16)8-7-11-5-4-6-12(9-11)14-10(2)15;1-2/h4-6,9H,3,7-8H2,1-2H3,(H,14,15);1H. The summed E-state index contributed by atoms with van der Waals surface area (Å²) in [5.74, 6) is -0.301. The first-order chi connectivity index (χ1) is 9.11. The molecule has 1 amide bonds. The van der Waals surface area contributed by atoms with Crippen molar-refractivity contribution in [2.45, 2.75) is 26.7 Å². The minimum absolute atomic E-state index is 0.104. The number of nitrogens with zero attached hydrogens (tertiary/aromatic N) is 1. The highest BCUT2D eigenvalue weighted by Gasteiger charge is 2.03. The fourth-order valence-electron chi connectivity index (χ4n) is 1.49. The molecule has 0 unspecified atom stereocenters. The van der Waals surface area contributed by atoms with Crippen molar-refractivity contribution in [2.24, 2.45) is 0 Å². The summed E-state index contributed by atoms with van der Waals surface area (Å²) >= 11 is 0. The van der Waals surface area contributed by atoms with Gasteiger partial charge in [0.15, 0.2) is 0 Å². The fraction of sp³-hybridized carbons (Fsp3) is 0.357. The van der Waals surface area contributed by atoms with Gasteiger partial charge in [-0.3, -0.25) is 9.59 Å². The second kappa shape index (κ2) is 9.66. The summed E-state index contributed by atoms with van der Waals surface area (Å²) in [6, 6.07) is 7.45. The van der Waals surface area contributed by atoms with Crippen LogP contribution in [0.1, 0.15) is 25.8 Å². The molecule has 0 saturated carbocycles. The third-order valence-corrected chi connectivity index (χ3v) is 2.17. The Morgan fingerprint density at radius 1 is 1.37 bits per heavy atom. The highest BCUT2D eigenvalue weighted by molar-refractivity contribution is 5.88. The maximum absolute atomic E-state index is 11.2. The van der Waals surface area contributed by atoms with Crippen LogP contribution in [0, 0.1) is 11.8 Å². The zero-order valence-electron chi connectivity index (χ0n) is 11.2. The van der Waals surface area contributed by atoms with Crippen molar-refractivity contribution in [3.8, 4) is 6.57 Å². The molecular formula is C14H18N2O3. The average molecular weight is 262 g/mol. The van der Waals surface area contributed by atoms with Crippen LogP contribution in [0.15, 0.2) is 24.3 Å². The zero-order valence-corrected chi connectivity index (χ0v) is 11.2. The van der Waals surface area contributed by atoms with Crippen molar-refractivity contribution in [1.82, 2.24) is 0 Å². The molecule has 0 spiro atoms. The molecule has 1 rings (SSSR count). The Morgan fingerprint density at radius 3 is 2.63 bits per heavy atom. The molecule has 1 aromatic rings. The van der Waals surface area contributed by atoms with Gasteiger partial charge in [0.05, 0.1) is 6.61 Å². The normalized spacial score (nSPS) is 8.84. The Morgan fingerprint density at radius 2 is 2.05 bits per heavy atom. The predicted molar refractivity (Wildman–Crippen MR) is 72.4 cm³/mol. The summed E-state index contributed by atoms with van der Waals surface area (Å²) in [7, 11) is 0. The molecule has 0 radical (unpaired) electrons. The molecule has 0 aromatic heterocycles. The van der Waals surface area contributed by atoms with Gasteiger partial charge in [-0.1, -0.05) is 12.1 Å². The van der Waals surface area contributed by atoms with Gasteiger partial charge in [0.2, 0.25) is 5.91 Å². The molecule has 0 bridgehead atoms. The maximum atomic E-state index is 11.2. The molecule has 0 saturated heterocycles. The van der Waals surface area contributed by atoms with Gasteiger partial charge >= 0.3 is 5.97 Å². The molecule has 1 aromatic carbocycles. The van der Waals surface area contributed by atoms with Gasteiger partial charge < -0.3 is 10.1 Å². The first-order valence-corrected chi connectivity index (χ1v) is 5.89. The van der Waals surface area contributed by atoms with Crippen LogP contribution in [-0.4, -0.2) is 18.5 Å². The Bertz CT molecular complexity index is 441. The lowest BCUT2D eigenvalue weighted by Crippen LogP contribution is -2.07. The Balaban J connectivity index is 0.00000154. The number of rotatable bonds is 5. The van der Waals surface area contributed by atoms with Crippen LogP contribution in [0.4, 0.5) is 5.69 Å². The molecule has 0 atom stereocenters. The van der Waals surface area contributed by atoms with Gasteiger partial charge in [-0.2, -0.15) is 0 Å². The fourth-order valence-corrected chi connectivity index (χ4v) is 1.49. The van der Waals surface area contributed by atoms with E-state index in [4.69, 9.17) is 10.00 Å². The van der Waals surface area contributed by atoms with E-state index >= 15 is 0 Å². The van der Waals surface area contributed by atoms with Crippen LogP contribution in [0.2, 0.25) is 0 Å². The summed E-state index contributed by atoms with van der Waals surface area (Å²) in [6.45, 7) is 7.16. The van der Waals surface area contributed by atoms with Crippen LogP contribution < -0.4 is 5.32 Å². The van der Waals surface area contributed by atoms with Crippen LogP contribution in [0.5, 0.6) is 0 Å². The number of hydrogen-bond donors (Lipinski definition) is 1. The number of aryl methyl sites for hydroxylation is 1. The van der Waals surface area contributed by atoms with Gasteiger partial charge in [-0.15, -0.1) is 0 Å². The minimum atomic E-state index is -0.197. The molecule has 1 N–H and O–H groups in total. The van der Waals surface area contributed by atoms with E-state index in [0.29, 0.717) is 19.4 Å². The highest BCUT2D eigenvalue weighted by Crippen LogP contribution is 2.12. The molecule has 0 aliphatic rings. The van der Waals surface area contributed by atoms with Gasteiger partial charge in [0, 0.05) is 25.6 Å². The number of carbonyl (C=O) groups is 2. The second-order valence-electron chi connectivity index (χ2n) is 3.69. The van der Waals surface area contributed by atoms with E-state index in [1.165, 1.54) is 6.92 Å². The van der Waals surface area contributed by atoms with Crippen LogP contribution in [0.3, 0.4) is 0 Å². The zero-order chi connectivity index (χ0) is 14.7. The number of anilines is 1. The average Bonchev–Trinajstić information content (AvgIpc) is 2.39. The molecule has 19 heavy (non-hydrogen) atoms. The summed E-state index contributed by atoms with van der Waals surface area (Å²) in [5, 5.41) is 9.20. The topological polar surface area (TPSA) is 79.2 Å². The lowest BCUT2D eigenvalue weighted by molar-refractivity contribution is -0.143. The molecular weight excluding hydrogens is 244 g/mol. The van der Waals surface area contributed by atoms with E-state index in [2.05, 4.69) is 11.9 Å². The lowest BCUT2D eigenvalue weighted by Gasteiger charge is -2.05. The van der Waals surface area contributed by atoms with E-state index in [-0.39, 0.29) is 11.9 Å². The van der Waals surface area contributed by atoms with Gasteiger partial charge in [0.1, 0.15) is 0 Å². The van der Waals surface area contributed by atoms with Gasteiger partial charge in [-0.05, 0) is 31.0 Å². The van der Waals surface area contributed by atoms with E-state index in [1.807, 2.05) is 24.3 Å². The van der Waals surface area contributed by atoms with Crippen molar-refractivity contribution in [3.05, 3.63) is 29.8 Å². The third-order valence-electron chi connectivity index (χ3n) is 2.17. The summed E-state index contributed by atoms with van der Waals surface area (Å²) in [4.78, 5) is 22.1. The molecule has 5 nitrogen and oxygen atoms in total. The number of hydrogen-bond acceptors (Lipinski definition) is 4. The smallest absolute Gasteiger partial charge is 0.306 e. The molecule has 102 valence electrons. The van der Waals surface area contributed by atoms with Crippen molar-refractivity contribution < 1.29 is 14.3 Å². The van der Waals surface area contributed by atoms with Crippen LogP contribution >= 0.6 is 0 Å². The van der Waals surface area contributed by atoms with Crippen molar-refractivity contribution in [1.29, 1.82) is 5.26 Å². The SMILES string of the molecule is C#N.CCOC(=O)CCc1cccc(NC(C)=O)c1. The molecule has 0 aliphatic carbocycles. The Labute approximate surface area is 113 Å². The Kier molecular flexibility index (Phi) is 8.46. The molecule has 0 fully saturated rings. The van der Waals surface area contributed by atoms with Crippen LogP contribution in [0.25, 0.3) is 0 Å². The number of benzene rings is 1. The first kappa shape index (κ1) is 16.6. The van der Waals surface area contributed by atoms with Crippen molar-refractivity contribution >= 4 is 17.6 Å². The summed E-state index contributed by atoms with van der Waals surface area (Å²) in [6.07, 6.45) is 0.976. The number of nitrogens with one attached hydrogen (secondary N) is 1. The highest BCUT2D eigenvalue weighted by atomic mass is 16.5. The van der Waals surface area contributed by atoms with E-state index in [1.54, 1.807) is 6.92 Å². The number of nitriles is 1. The maximum Gasteiger partial charge on any atom is 0.306 e. The summed E-state index contributed by atoms with van der Waals surface area (Å²) in [5.41, 5.74) is 1.75. The number of esters is 1. The quantitative estimate of drug-likeness (QED) is 0.825. The number of amides is 1.